The average molecular weight is 764 g/mol. The van der Waals surface area contributed by atoms with Crippen molar-refractivity contribution in [3.8, 4) is 16.8 Å². The van der Waals surface area contributed by atoms with E-state index in [-0.39, 0.29) is 0 Å². The van der Waals surface area contributed by atoms with Gasteiger partial charge in [0.25, 0.3) is 0 Å². The Morgan fingerprint density at radius 3 is 1.78 bits per heavy atom. The highest BCUT2D eigenvalue weighted by atomic mass is 15.1. The summed E-state index contributed by atoms with van der Waals surface area (Å²) in [5, 5.41) is 11.6. The van der Waals surface area contributed by atoms with E-state index in [9.17, 15) is 0 Å². The van der Waals surface area contributed by atoms with E-state index in [0.29, 0.717) is 0 Å². The van der Waals surface area contributed by atoms with Crippen molar-refractivity contribution >= 4 is 107 Å². The number of hydrogen-bond acceptors (Lipinski definition) is 2. The van der Waals surface area contributed by atoms with Crippen LogP contribution in [0.1, 0.15) is 5.56 Å². The fourth-order valence-corrected chi connectivity index (χ4v) is 10.2. The van der Waals surface area contributed by atoms with Gasteiger partial charge in [-0.25, -0.2) is 0 Å². The van der Waals surface area contributed by atoms with Gasteiger partial charge in [0.05, 0.1) is 22.1 Å². The smallest absolute Gasteiger partial charge is 0.197 e. The van der Waals surface area contributed by atoms with E-state index in [0.717, 1.165) is 45.3 Å². The molecule has 0 spiro atoms. The van der Waals surface area contributed by atoms with Crippen molar-refractivity contribution in [1.29, 1.82) is 0 Å². The topological polar surface area (TPSA) is 24.6 Å². The van der Waals surface area contributed by atoms with E-state index in [1.165, 1.54) is 76.4 Å². The van der Waals surface area contributed by atoms with Crippen molar-refractivity contribution in [2.75, 3.05) is 10.2 Å². The van der Waals surface area contributed by atoms with Crippen molar-refractivity contribution in [3.05, 3.63) is 200 Å². The predicted octanol–water partition coefficient (Wildman–Crippen LogP) is 13.1. The zero-order valence-corrected chi connectivity index (χ0v) is 32.9. The Morgan fingerprint density at radius 2 is 1.03 bits per heavy atom. The molecule has 0 fully saturated rings. The predicted molar refractivity (Wildman–Crippen MR) is 255 cm³/mol. The molecule has 3 aromatic heterocycles. The summed E-state index contributed by atoms with van der Waals surface area (Å²) in [6, 6.07) is 70.9. The molecule has 1 radical (unpaired) electrons. The number of benzene rings is 9. The molecule has 1 N–H and O–H groups in total. The maximum atomic E-state index is 4.00. The van der Waals surface area contributed by atoms with Gasteiger partial charge in [-0.15, -0.1) is 0 Å². The molecule has 1 aliphatic rings. The molecule has 0 saturated heterocycles. The molecule has 279 valence electrons. The van der Waals surface area contributed by atoms with E-state index >= 15 is 0 Å². The van der Waals surface area contributed by atoms with Crippen LogP contribution >= 0.6 is 0 Å². The average Bonchev–Trinajstić information content (AvgIpc) is 3.95. The molecule has 9 aromatic carbocycles. The largest absolute Gasteiger partial charge is 0.355 e. The lowest BCUT2D eigenvalue weighted by Gasteiger charge is -2.30. The Morgan fingerprint density at radius 1 is 0.450 bits per heavy atom. The number of aromatic nitrogens is 2. The van der Waals surface area contributed by atoms with Crippen LogP contribution in [0.25, 0.3) is 76.7 Å². The van der Waals surface area contributed by atoms with Gasteiger partial charge in [0.1, 0.15) is 0 Å². The lowest BCUT2D eigenvalue weighted by Crippen LogP contribution is -2.37. The number of rotatable bonds is 6. The first-order chi connectivity index (χ1) is 29.7. The molecule has 4 nitrogen and oxygen atoms in total. The van der Waals surface area contributed by atoms with Crippen molar-refractivity contribution in [2.24, 2.45) is 0 Å². The molecule has 0 bridgehead atoms. The van der Waals surface area contributed by atoms with Gasteiger partial charge in [-0.1, -0.05) is 139 Å². The molecule has 0 atom stereocenters. The highest BCUT2D eigenvalue weighted by molar-refractivity contribution is 6.73. The Bertz CT molecular complexity index is 3640. The number of anilines is 5. The summed E-state index contributed by atoms with van der Waals surface area (Å²) in [6.45, 7) is 2.18. The number of fused-ring (bicyclic) bond motifs is 11. The molecule has 0 aliphatic carbocycles. The van der Waals surface area contributed by atoms with Crippen LogP contribution in [-0.2, 0) is 0 Å². The lowest BCUT2D eigenvalue weighted by atomic mass is 9.59. The summed E-state index contributed by atoms with van der Waals surface area (Å²) >= 11 is 0. The van der Waals surface area contributed by atoms with Crippen LogP contribution in [0.15, 0.2) is 194 Å². The number of nitrogens with one attached hydrogen (secondary N) is 1. The minimum atomic E-state index is 1.06. The van der Waals surface area contributed by atoms with Crippen LogP contribution in [0, 0.1) is 6.92 Å². The normalized spacial score (nSPS) is 12.2. The molecular formula is C55H36BN4. The van der Waals surface area contributed by atoms with Crippen LogP contribution < -0.4 is 21.1 Å². The van der Waals surface area contributed by atoms with Gasteiger partial charge in [-0.2, -0.15) is 0 Å². The highest BCUT2D eigenvalue weighted by Crippen LogP contribution is 2.48. The summed E-state index contributed by atoms with van der Waals surface area (Å²) in [5.41, 5.74) is 18.6. The van der Waals surface area contributed by atoms with Gasteiger partial charge in [0, 0.05) is 77.5 Å². The Labute approximate surface area is 347 Å². The van der Waals surface area contributed by atoms with Crippen LogP contribution in [0.3, 0.4) is 0 Å². The Balaban J connectivity index is 1.23. The summed E-state index contributed by atoms with van der Waals surface area (Å²) in [5.74, 6) is 0. The molecule has 0 amide bonds. The lowest BCUT2D eigenvalue weighted by molar-refractivity contribution is 1.18. The summed E-state index contributed by atoms with van der Waals surface area (Å²) in [4.78, 5) is 2.41. The van der Waals surface area contributed by atoms with Gasteiger partial charge < -0.3 is 19.2 Å². The summed E-state index contributed by atoms with van der Waals surface area (Å²) in [6.07, 6.45) is 0. The van der Waals surface area contributed by atoms with Gasteiger partial charge in [-0.3, -0.25) is 0 Å². The molecule has 13 rings (SSSR count). The van der Waals surface area contributed by atoms with E-state index in [1.54, 1.807) is 0 Å². The van der Waals surface area contributed by atoms with Gasteiger partial charge in [0.15, 0.2) is 7.28 Å². The van der Waals surface area contributed by atoms with Crippen molar-refractivity contribution in [1.82, 2.24) is 8.97 Å². The molecule has 5 heteroatoms. The fraction of sp³-hybridized carbons (Fsp3) is 0.0182. The second kappa shape index (κ2) is 12.6. The second-order valence-corrected chi connectivity index (χ2v) is 16.1. The first-order valence-corrected chi connectivity index (χ1v) is 20.7. The van der Waals surface area contributed by atoms with E-state index < -0.39 is 0 Å². The molecule has 0 saturated carbocycles. The first-order valence-electron chi connectivity index (χ1n) is 20.7. The number of aryl methyl sites for hydroxylation is 1. The number of para-hydroxylation sites is 7. The third-order valence-electron chi connectivity index (χ3n) is 12.8. The third kappa shape index (κ3) is 4.63. The summed E-state index contributed by atoms with van der Waals surface area (Å²) < 4.78 is 5.06. The van der Waals surface area contributed by atoms with Crippen molar-refractivity contribution in [3.63, 3.8) is 0 Å². The van der Waals surface area contributed by atoms with E-state index in [4.69, 9.17) is 0 Å². The van der Waals surface area contributed by atoms with Gasteiger partial charge in [-0.05, 0) is 84.2 Å². The van der Waals surface area contributed by atoms with Crippen LogP contribution in [0.2, 0.25) is 0 Å². The molecule has 12 aromatic rings. The van der Waals surface area contributed by atoms with Gasteiger partial charge >= 0.3 is 0 Å². The molecule has 1 aliphatic heterocycles. The zero-order valence-electron chi connectivity index (χ0n) is 32.9. The van der Waals surface area contributed by atoms with Crippen LogP contribution in [-0.4, -0.2) is 16.2 Å². The Hall–Kier alpha value is -7.76. The molecule has 60 heavy (non-hydrogen) atoms. The minimum Gasteiger partial charge on any atom is -0.355 e. The second-order valence-electron chi connectivity index (χ2n) is 16.1. The SMILES string of the molecule is Cc1ccccc1Nc1ccc2c3cccc4c5ccccc5n(c2c1-c1cc(N(c2ccccc2)c2ccccc2)cc2c1[B]c1cccc5c6ccccc6n-2c15)c43. The van der Waals surface area contributed by atoms with Crippen molar-refractivity contribution < 1.29 is 0 Å². The quantitative estimate of drug-likeness (QED) is 0.171. The Kier molecular flexibility index (Phi) is 6.99. The highest BCUT2D eigenvalue weighted by Gasteiger charge is 2.30. The maximum Gasteiger partial charge on any atom is 0.197 e. The summed E-state index contributed by atoms with van der Waals surface area (Å²) in [7, 11) is 2.44. The number of hydrogen-bond donors (Lipinski definition) is 1. The monoisotopic (exact) mass is 763 g/mol. The molecule has 0 unspecified atom stereocenters. The third-order valence-corrected chi connectivity index (χ3v) is 12.8. The van der Waals surface area contributed by atoms with Crippen LogP contribution in [0.5, 0.6) is 0 Å². The molecular weight excluding hydrogens is 727 g/mol. The standard InChI is InChI=1S/C55H36BN4/c1-34-16-8-11-27-46(34)57-47-31-30-43-42-24-14-23-40-38-21-10-13-29-49(38)60(53(40)42)55(43)51(47)44-32-37(58(35-17-4-2-5-18-35)36-19-6-3-7-20-36)33-50-52(44)56-45-26-15-25-41-39-22-9-12-28-48(39)59(50)54(41)45/h2-33,57H,1H3. The minimum absolute atomic E-state index is 1.06. The number of nitrogens with zero attached hydrogens (tertiary/aromatic N) is 3. The fourth-order valence-electron chi connectivity index (χ4n) is 10.2. The van der Waals surface area contributed by atoms with Crippen molar-refractivity contribution in [2.45, 2.75) is 6.92 Å². The van der Waals surface area contributed by atoms with Gasteiger partial charge in [0.2, 0.25) is 0 Å². The molecule has 4 heterocycles. The van der Waals surface area contributed by atoms with E-state index in [2.05, 4.69) is 228 Å². The van der Waals surface area contributed by atoms with Crippen LogP contribution in [0.4, 0.5) is 28.4 Å². The first kappa shape index (κ1) is 33.2. The maximum absolute atomic E-state index is 4.00. The van der Waals surface area contributed by atoms with E-state index in [1.807, 2.05) is 0 Å². The zero-order chi connectivity index (χ0) is 39.5.